The summed E-state index contributed by atoms with van der Waals surface area (Å²) in [5, 5.41) is 5.44. The number of methoxy groups -OCH3 is 1. The summed E-state index contributed by atoms with van der Waals surface area (Å²) < 4.78 is 10.7. The van der Waals surface area contributed by atoms with Crippen molar-refractivity contribution in [1.82, 2.24) is 20.5 Å². The lowest BCUT2D eigenvalue weighted by molar-refractivity contribution is -0.139. The van der Waals surface area contributed by atoms with Crippen molar-refractivity contribution in [2.75, 3.05) is 46.5 Å². The largest absolute Gasteiger partial charge is 0.496 e. The average molecular weight is 412 g/mol. The minimum absolute atomic E-state index is 0.0621. The van der Waals surface area contributed by atoms with Gasteiger partial charge in [0.15, 0.2) is 0 Å². The smallest absolute Gasteiger partial charge is 0.309 e. The Morgan fingerprint density at radius 2 is 1.90 bits per heavy atom. The van der Waals surface area contributed by atoms with Gasteiger partial charge in [-0.15, -0.1) is 0 Å². The zero-order valence-corrected chi connectivity index (χ0v) is 17.2. The van der Waals surface area contributed by atoms with Crippen LogP contribution < -0.4 is 15.4 Å². The first-order valence-corrected chi connectivity index (χ1v) is 10.1. The average Bonchev–Trinajstić information content (AvgIpc) is 2.80. The number of benzene rings is 1. The lowest BCUT2D eigenvalue weighted by Crippen LogP contribution is -2.47. The van der Waals surface area contributed by atoms with E-state index >= 15 is 0 Å². The molecule has 0 unspecified atom stereocenters. The summed E-state index contributed by atoms with van der Waals surface area (Å²) in [5.74, 6) is -0.519. The standard InChI is InChI=1S/C22H28N4O4/c1-29-20-7-3-2-5-17(20)8-10-24-21(27)22(28)25-16-19(18-6-4-9-23-15-18)26-11-13-30-14-12-26/h2-7,9,15,19H,8,10-14,16H2,1H3,(H,24,27)(H,25,28)/t19-/m1/s1. The first-order chi connectivity index (χ1) is 14.7. The van der Waals surface area contributed by atoms with Crippen molar-refractivity contribution >= 4 is 11.8 Å². The van der Waals surface area contributed by atoms with Crippen molar-refractivity contribution < 1.29 is 19.1 Å². The predicted molar refractivity (Wildman–Crippen MR) is 112 cm³/mol. The molecule has 2 aromatic rings. The number of pyridine rings is 1. The van der Waals surface area contributed by atoms with Crippen molar-refractivity contribution in [2.24, 2.45) is 0 Å². The topological polar surface area (TPSA) is 92.8 Å². The minimum Gasteiger partial charge on any atom is -0.496 e. The van der Waals surface area contributed by atoms with Gasteiger partial charge in [-0.2, -0.15) is 0 Å². The molecule has 8 nitrogen and oxygen atoms in total. The number of morpholine rings is 1. The summed E-state index contributed by atoms with van der Waals surface area (Å²) in [7, 11) is 1.61. The third kappa shape index (κ3) is 6.01. The molecule has 0 radical (unpaired) electrons. The van der Waals surface area contributed by atoms with Gasteiger partial charge < -0.3 is 20.1 Å². The molecule has 1 aliphatic heterocycles. The molecule has 0 bridgehead atoms. The van der Waals surface area contributed by atoms with Gasteiger partial charge in [0.05, 0.1) is 26.4 Å². The number of carbonyl (C=O) groups excluding carboxylic acids is 2. The van der Waals surface area contributed by atoms with Crippen LogP contribution in [0.4, 0.5) is 0 Å². The van der Waals surface area contributed by atoms with Crippen LogP contribution in [-0.4, -0.2) is 68.2 Å². The van der Waals surface area contributed by atoms with E-state index in [0.29, 0.717) is 32.7 Å². The van der Waals surface area contributed by atoms with Gasteiger partial charge in [0, 0.05) is 38.6 Å². The van der Waals surface area contributed by atoms with Gasteiger partial charge in [0.1, 0.15) is 5.75 Å². The Morgan fingerprint density at radius 3 is 2.63 bits per heavy atom. The monoisotopic (exact) mass is 412 g/mol. The maximum atomic E-state index is 12.3. The second-order valence-electron chi connectivity index (χ2n) is 6.98. The maximum absolute atomic E-state index is 12.3. The Labute approximate surface area is 176 Å². The molecular weight excluding hydrogens is 384 g/mol. The highest BCUT2D eigenvalue weighted by Gasteiger charge is 2.24. The number of para-hydroxylation sites is 1. The van der Waals surface area contributed by atoms with Crippen molar-refractivity contribution in [2.45, 2.75) is 12.5 Å². The predicted octanol–water partition coefficient (Wildman–Crippen LogP) is 0.939. The molecule has 1 fully saturated rings. The van der Waals surface area contributed by atoms with E-state index < -0.39 is 11.8 Å². The van der Waals surface area contributed by atoms with Crippen LogP contribution in [0.5, 0.6) is 5.75 Å². The van der Waals surface area contributed by atoms with E-state index in [1.807, 2.05) is 36.4 Å². The number of nitrogens with zero attached hydrogens (tertiary/aromatic N) is 2. The second-order valence-corrected chi connectivity index (χ2v) is 6.98. The Bertz CT molecular complexity index is 825. The highest BCUT2D eigenvalue weighted by Crippen LogP contribution is 2.20. The molecular formula is C22H28N4O4. The second kappa shape index (κ2) is 11.3. The summed E-state index contributed by atoms with van der Waals surface area (Å²) in [5.41, 5.74) is 1.97. The van der Waals surface area contributed by atoms with E-state index in [1.165, 1.54) is 0 Å². The quantitative estimate of drug-likeness (QED) is 0.627. The first-order valence-electron chi connectivity index (χ1n) is 10.1. The molecule has 160 valence electrons. The van der Waals surface area contributed by atoms with Gasteiger partial charge in [-0.05, 0) is 29.7 Å². The lowest BCUT2D eigenvalue weighted by Gasteiger charge is -2.34. The van der Waals surface area contributed by atoms with Gasteiger partial charge >= 0.3 is 11.8 Å². The zero-order chi connectivity index (χ0) is 21.2. The van der Waals surface area contributed by atoms with Gasteiger partial charge in [0.25, 0.3) is 0 Å². The molecule has 1 aromatic carbocycles. The number of aromatic nitrogens is 1. The first kappa shape index (κ1) is 21.7. The molecule has 0 spiro atoms. The van der Waals surface area contributed by atoms with Crippen LogP contribution >= 0.6 is 0 Å². The number of hydrogen-bond donors (Lipinski definition) is 2. The molecule has 1 aromatic heterocycles. The third-order valence-corrected chi connectivity index (χ3v) is 5.09. The Hall–Kier alpha value is -2.97. The fourth-order valence-corrected chi connectivity index (χ4v) is 3.49. The Kier molecular flexibility index (Phi) is 8.17. The van der Waals surface area contributed by atoms with Crippen LogP contribution in [0.15, 0.2) is 48.8 Å². The highest BCUT2D eigenvalue weighted by molar-refractivity contribution is 6.35. The van der Waals surface area contributed by atoms with Gasteiger partial charge in [-0.1, -0.05) is 24.3 Å². The minimum atomic E-state index is -0.642. The van der Waals surface area contributed by atoms with Gasteiger partial charge in [0.2, 0.25) is 0 Å². The molecule has 1 atom stereocenters. The molecule has 0 aliphatic carbocycles. The molecule has 2 heterocycles. The lowest BCUT2D eigenvalue weighted by atomic mass is 10.1. The summed E-state index contributed by atoms with van der Waals surface area (Å²) in [6.07, 6.45) is 4.09. The van der Waals surface area contributed by atoms with Crippen LogP contribution in [0, 0.1) is 0 Å². The van der Waals surface area contributed by atoms with E-state index in [9.17, 15) is 9.59 Å². The van der Waals surface area contributed by atoms with E-state index in [2.05, 4.69) is 20.5 Å². The number of nitrogens with one attached hydrogen (secondary N) is 2. The molecule has 1 saturated heterocycles. The highest BCUT2D eigenvalue weighted by atomic mass is 16.5. The molecule has 1 aliphatic rings. The summed E-state index contributed by atoms with van der Waals surface area (Å²) >= 11 is 0. The summed E-state index contributed by atoms with van der Waals surface area (Å²) in [4.78, 5) is 31.0. The third-order valence-electron chi connectivity index (χ3n) is 5.09. The normalized spacial score (nSPS) is 15.2. The summed E-state index contributed by atoms with van der Waals surface area (Å²) in [6.45, 7) is 3.50. The number of rotatable bonds is 8. The van der Waals surface area contributed by atoms with Crippen molar-refractivity contribution in [3.8, 4) is 5.75 Å². The molecule has 0 saturated carbocycles. The van der Waals surface area contributed by atoms with Gasteiger partial charge in [-0.3, -0.25) is 19.5 Å². The summed E-state index contributed by atoms with van der Waals surface area (Å²) in [6, 6.07) is 11.4. The number of amides is 2. The maximum Gasteiger partial charge on any atom is 0.309 e. The van der Waals surface area contributed by atoms with Crippen LogP contribution in [0.2, 0.25) is 0 Å². The van der Waals surface area contributed by atoms with Crippen molar-refractivity contribution in [3.63, 3.8) is 0 Å². The van der Waals surface area contributed by atoms with Crippen LogP contribution in [-0.2, 0) is 20.7 Å². The van der Waals surface area contributed by atoms with E-state index in [1.54, 1.807) is 19.5 Å². The van der Waals surface area contributed by atoms with Crippen molar-refractivity contribution in [1.29, 1.82) is 0 Å². The molecule has 30 heavy (non-hydrogen) atoms. The molecule has 2 N–H and O–H groups in total. The fraction of sp³-hybridized carbons (Fsp3) is 0.409. The molecule has 8 heteroatoms. The molecule has 2 amide bonds. The van der Waals surface area contributed by atoms with Crippen molar-refractivity contribution in [3.05, 3.63) is 59.9 Å². The van der Waals surface area contributed by atoms with E-state index in [-0.39, 0.29) is 6.04 Å². The number of carbonyl (C=O) groups is 2. The number of hydrogen-bond acceptors (Lipinski definition) is 6. The SMILES string of the molecule is COc1ccccc1CCNC(=O)C(=O)NC[C@H](c1cccnc1)N1CCOCC1. The Morgan fingerprint density at radius 1 is 1.13 bits per heavy atom. The van der Waals surface area contributed by atoms with E-state index in [4.69, 9.17) is 9.47 Å². The Balaban J connectivity index is 1.51. The fourth-order valence-electron chi connectivity index (χ4n) is 3.49. The van der Waals surface area contributed by atoms with Gasteiger partial charge in [-0.25, -0.2) is 0 Å². The zero-order valence-electron chi connectivity index (χ0n) is 17.2. The number of ether oxygens (including phenoxy) is 2. The van der Waals surface area contributed by atoms with Crippen LogP contribution in [0.25, 0.3) is 0 Å². The van der Waals surface area contributed by atoms with Crippen LogP contribution in [0.1, 0.15) is 17.2 Å². The van der Waals surface area contributed by atoms with E-state index in [0.717, 1.165) is 30.0 Å². The molecule has 3 rings (SSSR count). The van der Waals surface area contributed by atoms with Crippen LogP contribution in [0.3, 0.4) is 0 Å².